The average molecular weight is 505 g/mol. The van der Waals surface area contributed by atoms with E-state index in [1.54, 1.807) is 11.3 Å². The zero-order valence-corrected chi connectivity index (χ0v) is 19.1. The van der Waals surface area contributed by atoms with Gasteiger partial charge in [0.15, 0.2) is 5.96 Å². The Hall–Kier alpha value is -0.990. The van der Waals surface area contributed by atoms with Crippen molar-refractivity contribution in [1.29, 1.82) is 0 Å². The minimum absolute atomic E-state index is 0. The molecule has 0 aliphatic carbocycles. The number of nitrogens with zero attached hydrogens (tertiary/aromatic N) is 2. The largest absolute Gasteiger partial charge is 0.371 e. The Labute approximate surface area is 182 Å². The maximum Gasteiger partial charge on any atom is 0.191 e. The molecule has 0 bridgehead atoms. The van der Waals surface area contributed by atoms with E-state index in [2.05, 4.69) is 56.4 Å². The van der Waals surface area contributed by atoms with Gasteiger partial charge in [-0.15, -0.1) is 24.0 Å². The van der Waals surface area contributed by atoms with E-state index in [4.69, 9.17) is 11.6 Å². The molecule has 7 heteroatoms. The molecule has 0 spiro atoms. The Morgan fingerprint density at radius 1 is 1.35 bits per heavy atom. The first-order valence-electron chi connectivity index (χ1n) is 8.62. The highest BCUT2D eigenvalue weighted by Crippen LogP contribution is 2.29. The molecule has 1 aliphatic rings. The molecule has 4 nitrogen and oxygen atoms in total. The number of benzene rings is 1. The molecule has 2 N–H and O–H groups in total. The smallest absolute Gasteiger partial charge is 0.191 e. The molecule has 1 aliphatic heterocycles. The highest BCUT2D eigenvalue weighted by Gasteiger charge is 2.23. The van der Waals surface area contributed by atoms with E-state index in [9.17, 15) is 0 Å². The summed E-state index contributed by atoms with van der Waals surface area (Å²) in [5.74, 6) is 1.47. The van der Waals surface area contributed by atoms with Gasteiger partial charge in [0.1, 0.15) is 0 Å². The first-order valence-corrected chi connectivity index (χ1v) is 9.94. The van der Waals surface area contributed by atoms with Crippen LogP contribution in [-0.4, -0.2) is 32.6 Å². The summed E-state index contributed by atoms with van der Waals surface area (Å²) in [6.07, 6.45) is 1.18. The Morgan fingerprint density at radius 2 is 2.19 bits per heavy atom. The molecular formula is C19H26ClIN4S. The fourth-order valence-corrected chi connectivity index (χ4v) is 4.02. The van der Waals surface area contributed by atoms with Gasteiger partial charge in [0.2, 0.25) is 0 Å². The van der Waals surface area contributed by atoms with Crippen molar-refractivity contribution in [2.45, 2.75) is 19.9 Å². The van der Waals surface area contributed by atoms with Crippen LogP contribution in [0.1, 0.15) is 17.5 Å². The maximum absolute atomic E-state index is 6.17. The van der Waals surface area contributed by atoms with E-state index in [0.29, 0.717) is 5.92 Å². The Kier molecular flexibility index (Phi) is 8.50. The van der Waals surface area contributed by atoms with Gasteiger partial charge in [-0.25, -0.2) is 0 Å². The van der Waals surface area contributed by atoms with Crippen molar-refractivity contribution in [2.24, 2.45) is 10.9 Å². The van der Waals surface area contributed by atoms with Crippen LogP contribution in [0.3, 0.4) is 0 Å². The van der Waals surface area contributed by atoms with Gasteiger partial charge < -0.3 is 15.5 Å². The second kappa shape index (κ2) is 10.4. The SMILES string of the molecule is CN=C(NCc1ccsc1)NCC1CCN(c2cc(Cl)ccc2C)C1.I. The van der Waals surface area contributed by atoms with Gasteiger partial charge in [-0.1, -0.05) is 17.7 Å². The summed E-state index contributed by atoms with van der Waals surface area (Å²) in [5.41, 5.74) is 3.83. The molecule has 1 unspecified atom stereocenters. The van der Waals surface area contributed by atoms with E-state index in [1.807, 2.05) is 13.1 Å². The third kappa shape index (κ3) is 5.76. The monoisotopic (exact) mass is 504 g/mol. The molecule has 0 amide bonds. The molecule has 0 radical (unpaired) electrons. The van der Waals surface area contributed by atoms with Crippen LogP contribution in [0, 0.1) is 12.8 Å². The van der Waals surface area contributed by atoms with Crippen LogP contribution < -0.4 is 15.5 Å². The lowest BCUT2D eigenvalue weighted by atomic mass is 10.1. The summed E-state index contributed by atoms with van der Waals surface area (Å²) in [7, 11) is 1.82. The molecule has 142 valence electrons. The van der Waals surface area contributed by atoms with E-state index in [0.717, 1.165) is 37.2 Å². The minimum Gasteiger partial charge on any atom is -0.371 e. The molecule has 1 aromatic heterocycles. The van der Waals surface area contributed by atoms with E-state index >= 15 is 0 Å². The van der Waals surface area contributed by atoms with E-state index in [1.165, 1.54) is 23.2 Å². The van der Waals surface area contributed by atoms with Crippen LogP contribution in [0.2, 0.25) is 5.02 Å². The first-order chi connectivity index (χ1) is 12.2. The lowest BCUT2D eigenvalue weighted by molar-refractivity contribution is 0.565. The van der Waals surface area contributed by atoms with Gasteiger partial charge in [0.25, 0.3) is 0 Å². The molecule has 2 heterocycles. The Balaban J connectivity index is 0.00000243. The molecular weight excluding hydrogens is 479 g/mol. The van der Waals surface area contributed by atoms with Crippen LogP contribution in [0.5, 0.6) is 0 Å². The number of rotatable bonds is 5. The van der Waals surface area contributed by atoms with Gasteiger partial charge in [-0.2, -0.15) is 11.3 Å². The van der Waals surface area contributed by atoms with Gasteiger partial charge in [-0.05, 0) is 59.3 Å². The van der Waals surface area contributed by atoms with Crippen molar-refractivity contribution in [1.82, 2.24) is 10.6 Å². The van der Waals surface area contributed by atoms with Crippen molar-refractivity contribution in [3.63, 3.8) is 0 Å². The van der Waals surface area contributed by atoms with Crippen molar-refractivity contribution in [3.8, 4) is 0 Å². The van der Waals surface area contributed by atoms with Gasteiger partial charge in [-0.3, -0.25) is 4.99 Å². The molecule has 1 fully saturated rings. The lowest BCUT2D eigenvalue weighted by Crippen LogP contribution is -2.39. The van der Waals surface area contributed by atoms with Crippen LogP contribution >= 0.6 is 46.9 Å². The van der Waals surface area contributed by atoms with Crippen LogP contribution in [0.15, 0.2) is 40.0 Å². The molecule has 1 aromatic carbocycles. The zero-order valence-electron chi connectivity index (χ0n) is 15.2. The first kappa shape index (κ1) is 21.3. The number of aryl methyl sites for hydroxylation is 1. The van der Waals surface area contributed by atoms with E-state index in [-0.39, 0.29) is 24.0 Å². The van der Waals surface area contributed by atoms with Crippen LogP contribution in [-0.2, 0) is 6.54 Å². The third-order valence-corrected chi connectivity index (χ3v) is 5.59. The molecule has 2 aromatic rings. The summed E-state index contributed by atoms with van der Waals surface area (Å²) in [4.78, 5) is 6.76. The summed E-state index contributed by atoms with van der Waals surface area (Å²) in [5, 5.41) is 11.9. The molecule has 3 rings (SSSR count). The number of aliphatic imine (C=N–C) groups is 1. The topological polar surface area (TPSA) is 39.7 Å². The predicted octanol–water partition coefficient (Wildman–Crippen LogP) is 4.52. The number of anilines is 1. The normalized spacial score (nSPS) is 17.1. The standard InChI is InChI=1S/C19H25ClN4S.HI/c1-14-3-4-17(20)9-18(14)24-7-5-15(12-24)10-22-19(21-2)23-11-16-6-8-25-13-16;/h3-4,6,8-9,13,15H,5,7,10-12H2,1-2H3,(H2,21,22,23);1H. The minimum atomic E-state index is 0. The number of hydrogen-bond donors (Lipinski definition) is 2. The molecule has 0 saturated carbocycles. The number of hydrogen-bond acceptors (Lipinski definition) is 3. The Bertz CT molecular complexity index is 720. The predicted molar refractivity (Wildman–Crippen MR) is 124 cm³/mol. The lowest BCUT2D eigenvalue weighted by Gasteiger charge is -2.21. The number of thiophene rings is 1. The average Bonchev–Trinajstić information content (AvgIpc) is 3.29. The molecule has 1 atom stereocenters. The fraction of sp³-hybridized carbons (Fsp3) is 0.421. The van der Waals surface area contributed by atoms with Gasteiger partial charge >= 0.3 is 0 Å². The molecule has 26 heavy (non-hydrogen) atoms. The highest BCUT2D eigenvalue weighted by molar-refractivity contribution is 14.0. The highest BCUT2D eigenvalue weighted by atomic mass is 127. The van der Waals surface area contributed by atoms with Gasteiger partial charge in [0, 0.05) is 43.9 Å². The maximum atomic E-state index is 6.17. The second-order valence-electron chi connectivity index (χ2n) is 6.47. The summed E-state index contributed by atoms with van der Waals surface area (Å²) < 4.78 is 0. The Morgan fingerprint density at radius 3 is 2.92 bits per heavy atom. The summed E-state index contributed by atoms with van der Waals surface area (Å²) in [6.45, 7) is 6.01. The number of halogens is 2. The van der Waals surface area contributed by atoms with Crippen molar-refractivity contribution >= 4 is 58.6 Å². The summed E-state index contributed by atoms with van der Waals surface area (Å²) in [6, 6.07) is 8.26. The quantitative estimate of drug-likeness (QED) is 0.357. The van der Waals surface area contributed by atoms with E-state index < -0.39 is 0 Å². The van der Waals surface area contributed by atoms with Crippen molar-refractivity contribution < 1.29 is 0 Å². The van der Waals surface area contributed by atoms with Crippen molar-refractivity contribution in [3.05, 3.63) is 51.2 Å². The van der Waals surface area contributed by atoms with Crippen LogP contribution in [0.4, 0.5) is 5.69 Å². The van der Waals surface area contributed by atoms with Crippen molar-refractivity contribution in [2.75, 3.05) is 31.6 Å². The zero-order chi connectivity index (χ0) is 17.6. The fourth-order valence-electron chi connectivity index (χ4n) is 3.18. The third-order valence-electron chi connectivity index (χ3n) is 4.62. The van der Waals surface area contributed by atoms with Gasteiger partial charge in [0.05, 0.1) is 0 Å². The van der Waals surface area contributed by atoms with Crippen LogP contribution in [0.25, 0.3) is 0 Å². The molecule has 1 saturated heterocycles. The number of nitrogens with one attached hydrogen (secondary N) is 2. The second-order valence-corrected chi connectivity index (χ2v) is 7.69. The summed E-state index contributed by atoms with van der Waals surface area (Å²) >= 11 is 7.89. The number of guanidine groups is 1.